The van der Waals surface area contributed by atoms with Crippen LogP contribution in [0.3, 0.4) is 0 Å². The van der Waals surface area contributed by atoms with Crippen molar-refractivity contribution in [2.75, 3.05) is 0 Å². The predicted octanol–water partition coefficient (Wildman–Crippen LogP) is 2.67. The van der Waals surface area contributed by atoms with Gasteiger partial charge in [-0.15, -0.1) is 0 Å². The van der Waals surface area contributed by atoms with E-state index in [9.17, 15) is 4.79 Å². The van der Waals surface area contributed by atoms with Crippen LogP contribution in [0, 0.1) is 6.92 Å². The van der Waals surface area contributed by atoms with Gasteiger partial charge in [0.2, 0.25) is 0 Å². The maximum Gasteiger partial charge on any atom is 0.251 e. The zero-order valence-electron chi connectivity index (χ0n) is 10.6. The summed E-state index contributed by atoms with van der Waals surface area (Å²) >= 11 is 0. The predicted molar refractivity (Wildman–Crippen MR) is 67.4 cm³/mol. The Bertz CT molecular complexity index is 422. The Balaban J connectivity index is 2.08. The molecule has 0 saturated heterocycles. The molecule has 1 N–H and O–H groups in total. The molecule has 17 heavy (non-hydrogen) atoms. The van der Waals surface area contributed by atoms with Crippen molar-refractivity contribution in [3.05, 3.63) is 29.3 Å². The fraction of sp³-hybridized carbons (Fsp3) is 0.500. The standard InChI is InChI=1S/C14H19NO2/c1-9(2)17-13-7-4-11(8-10(13)3)14(16)15-12-5-6-12/h4,7-9,12H,5-6H2,1-3H3,(H,15,16). The third-order valence-electron chi connectivity index (χ3n) is 2.71. The first-order chi connectivity index (χ1) is 8.06. The van der Waals surface area contributed by atoms with Gasteiger partial charge in [0.25, 0.3) is 5.91 Å². The minimum atomic E-state index is 0.0201. The van der Waals surface area contributed by atoms with Crippen LogP contribution in [0.4, 0.5) is 0 Å². The number of benzene rings is 1. The molecule has 1 amide bonds. The van der Waals surface area contributed by atoms with Crippen molar-refractivity contribution in [1.29, 1.82) is 0 Å². The highest BCUT2D eigenvalue weighted by Gasteiger charge is 2.23. The first kappa shape index (κ1) is 12.0. The smallest absolute Gasteiger partial charge is 0.251 e. The molecule has 1 fully saturated rings. The average Bonchev–Trinajstić information content (AvgIpc) is 3.04. The van der Waals surface area contributed by atoms with Crippen LogP contribution in [0.2, 0.25) is 0 Å². The molecular formula is C14H19NO2. The van der Waals surface area contributed by atoms with E-state index in [0.29, 0.717) is 11.6 Å². The molecule has 0 heterocycles. The molecule has 1 aromatic rings. The number of hydrogen-bond acceptors (Lipinski definition) is 2. The molecule has 0 aliphatic heterocycles. The minimum absolute atomic E-state index is 0.0201. The van der Waals surface area contributed by atoms with Crippen LogP contribution >= 0.6 is 0 Å². The number of nitrogens with one attached hydrogen (secondary N) is 1. The van der Waals surface area contributed by atoms with Crippen molar-refractivity contribution in [1.82, 2.24) is 5.32 Å². The van der Waals surface area contributed by atoms with Gasteiger partial charge in [-0.2, -0.15) is 0 Å². The summed E-state index contributed by atoms with van der Waals surface area (Å²) in [4.78, 5) is 11.8. The molecule has 3 nitrogen and oxygen atoms in total. The average molecular weight is 233 g/mol. The van der Waals surface area contributed by atoms with E-state index >= 15 is 0 Å². The van der Waals surface area contributed by atoms with E-state index < -0.39 is 0 Å². The van der Waals surface area contributed by atoms with Crippen molar-refractivity contribution in [3.8, 4) is 5.75 Å². The van der Waals surface area contributed by atoms with E-state index in [0.717, 1.165) is 24.2 Å². The molecule has 0 atom stereocenters. The second-order valence-electron chi connectivity index (χ2n) is 4.89. The summed E-state index contributed by atoms with van der Waals surface area (Å²) in [5, 5.41) is 2.98. The summed E-state index contributed by atoms with van der Waals surface area (Å²) in [6.07, 6.45) is 2.37. The lowest BCUT2D eigenvalue weighted by Crippen LogP contribution is -2.25. The highest BCUT2D eigenvalue weighted by atomic mass is 16.5. The molecular weight excluding hydrogens is 214 g/mol. The van der Waals surface area contributed by atoms with Crippen molar-refractivity contribution < 1.29 is 9.53 Å². The van der Waals surface area contributed by atoms with Crippen molar-refractivity contribution in [3.63, 3.8) is 0 Å². The fourth-order valence-electron chi connectivity index (χ4n) is 1.67. The second-order valence-corrected chi connectivity index (χ2v) is 4.89. The van der Waals surface area contributed by atoms with Crippen molar-refractivity contribution in [2.45, 2.75) is 45.8 Å². The molecule has 1 aliphatic carbocycles. The van der Waals surface area contributed by atoms with Gasteiger partial charge in [0.15, 0.2) is 0 Å². The van der Waals surface area contributed by atoms with Crippen LogP contribution in [0.25, 0.3) is 0 Å². The monoisotopic (exact) mass is 233 g/mol. The van der Waals surface area contributed by atoms with Gasteiger partial charge in [0.1, 0.15) is 5.75 Å². The van der Waals surface area contributed by atoms with Gasteiger partial charge in [-0.25, -0.2) is 0 Å². The number of rotatable bonds is 4. The molecule has 0 bridgehead atoms. The third-order valence-corrected chi connectivity index (χ3v) is 2.71. The summed E-state index contributed by atoms with van der Waals surface area (Å²) < 4.78 is 5.64. The molecule has 0 spiro atoms. The maximum absolute atomic E-state index is 11.8. The quantitative estimate of drug-likeness (QED) is 0.868. The Morgan fingerprint density at radius 2 is 2.12 bits per heavy atom. The van der Waals surface area contributed by atoms with Gasteiger partial charge in [-0.3, -0.25) is 4.79 Å². The van der Waals surface area contributed by atoms with Crippen molar-refractivity contribution >= 4 is 5.91 Å². The van der Waals surface area contributed by atoms with Gasteiger partial charge in [0.05, 0.1) is 6.10 Å². The van der Waals surface area contributed by atoms with E-state index in [1.54, 1.807) is 0 Å². The third kappa shape index (κ3) is 3.22. The van der Waals surface area contributed by atoms with Gasteiger partial charge >= 0.3 is 0 Å². The summed E-state index contributed by atoms with van der Waals surface area (Å²) in [7, 11) is 0. The van der Waals surface area contributed by atoms with Gasteiger partial charge in [-0.1, -0.05) is 0 Å². The van der Waals surface area contributed by atoms with Crippen LogP contribution in [0.5, 0.6) is 5.75 Å². The number of ether oxygens (including phenoxy) is 1. The largest absolute Gasteiger partial charge is 0.491 e. The lowest BCUT2D eigenvalue weighted by atomic mass is 10.1. The van der Waals surface area contributed by atoms with E-state index in [1.165, 1.54) is 0 Å². The number of carbonyl (C=O) groups excluding carboxylic acids is 1. The molecule has 2 rings (SSSR count). The topological polar surface area (TPSA) is 38.3 Å². The van der Waals surface area contributed by atoms with Crippen LogP contribution in [-0.4, -0.2) is 18.1 Å². The zero-order valence-corrected chi connectivity index (χ0v) is 10.6. The Morgan fingerprint density at radius 1 is 1.41 bits per heavy atom. The van der Waals surface area contributed by atoms with Gasteiger partial charge in [-0.05, 0) is 57.4 Å². The summed E-state index contributed by atoms with van der Waals surface area (Å²) in [6, 6.07) is 5.98. The number of aryl methyl sites for hydroxylation is 1. The van der Waals surface area contributed by atoms with E-state index in [1.807, 2.05) is 39.0 Å². The Morgan fingerprint density at radius 3 is 2.65 bits per heavy atom. The minimum Gasteiger partial charge on any atom is -0.491 e. The summed E-state index contributed by atoms with van der Waals surface area (Å²) in [5.41, 5.74) is 1.72. The molecule has 0 aromatic heterocycles. The Kier molecular flexibility index (Phi) is 3.36. The highest BCUT2D eigenvalue weighted by molar-refractivity contribution is 5.94. The van der Waals surface area contributed by atoms with Crippen LogP contribution < -0.4 is 10.1 Å². The van der Waals surface area contributed by atoms with E-state index in [2.05, 4.69) is 5.32 Å². The molecule has 1 aliphatic rings. The molecule has 0 radical (unpaired) electrons. The van der Waals surface area contributed by atoms with Crippen LogP contribution in [-0.2, 0) is 0 Å². The molecule has 1 saturated carbocycles. The van der Waals surface area contributed by atoms with Gasteiger partial charge in [0, 0.05) is 11.6 Å². The zero-order chi connectivity index (χ0) is 12.4. The normalized spacial score (nSPS) is 14.8. The van der Waals surface area contributed by atoms with Crippen LogP contribution in [0.15, 0.2) is 18.2 Å². The summed E-state index contributed by atoms with van der Waals surface area (Å²) in [5.74, 6) is 0.870. The molecule has 3 heteroatoms. The number of hydrogen-bond donors (Lipinski definition) is 1. The molecule has 0 unspecified atom stereocenters. The maximum atomic E-state index is 11.8. The van der Waals surface area contributed by atoms with E-state index in [-0.39, 0.29) is 12.0 Å². The van der Waals surface area contributed by atoms with Crippen molar-refractivity contribution in [2.24, 2.45) is 0 Å². The first-order valence-corrected chi connectivity index (χ1v) is 6.14. The first-order valence-electron chi connectivity index (χ1n) is 6.14. The number of carbonyl (C=O) groups is 1. The second kappa shape index (κ2) is 4.78. The fourth-order valence-corrected chi connectivity index (χ4v) is 1.67. The SMILES string of the molecule is Cc1cc(C(=O)NC2CC2)ccc1OC(C)C. The molecule has 92 valence electrons. The lowest BCUT2D eigenvalue weighted by molar-refractivity contribution is 0.0951. The van der Waals surface area contributed by atoms with Crippen LogP contribution in [0.1, 0.15) is 42.6 Å². The highest BCUT2D eigenvalue weighted by Crippen LogP contribution is 2.22. The Labute approximate surface area is 102 Å². The lowest BCUT2D eigenvalue weighted by Gasteiger charge is -2.13. The van der Waals surface area contributed by atoms with Gasteiger partial charge < -0.3 is 10.1 Å². The Hall–Kier alpha value is -1.51. The molecule has 1 aromatic carbocycles. The van der Waals surface area contributed by atoms with E-state index in [4.69, 9.17) is 4.74 Å². The number of amides is 1. The summed E-state index contributed by atoms with van der Waals surface area (Å²) in [6.45, 7) is 5.95.